The number of carbonyl (C=O) groups excluding carboxylic acids is 1. The van der Waals surface area contributed by atoms with E-state index >= 15 is 0 Å². The van der Waals surface area contributed by atoms with Gasteiger partial charge in [-0.3, -0.25) is 4.79 Å². The van der Waals surface area contributed by atoms with Crippen LogP contribution in [0.3, 0.4) is 0 Å². The van der Waals surface area contributed by atoms with Crippen LogP contribution in [0.1, 0.15) is 15.9 Å². The lowest BCUT2D eigenvalue weighted by Gasteiger charge is -2.08. The number of nitriles is 1. The van der Waals surface area contributed by atoms with Crippen LogP contribution < -0.4 is 11.1 Å². The molecule has 5 nitrogen and oxygen atoms in total. The number of nitrogens with two attached hydrogens (primary N) is 1. The predicted molar refractivity (Wildman–Crippen MR) is 76.6 cm³/mol. The molecular weight excluding hydrogens is 278 g/mol. The molecule has 0 bridgehead atoms. The summed E-state index contributed by atoms with van der Waals surface area (Å²) >= 11 is 5.95. The number of carbonyl (C=O) groups is 1. The van der Waals surface area contributed by atoms with E-state index in [0.29, 0.717) is 16.3 Å². The van der Waals surface area contributed by atoms with Gasteiger partial charge in [0.25, 0.3) is 5.91 Å². The van der Waals surface area contributed by atoms with Crippen LogP contribution in [-0.2, 0) is 0 Å². The fraction of sp³-hybridized carbons (Fsp3) is 0. The second kappa shape index (κ2) is 5.51. The summed E-state index contributed by atoms with van der Waals surface area (Å²) in [6.07, 6.45) is 0. The third-order valence-electron chi connectivity index (χ3n) is 2.64. The van der Waals surface area contributed by atoms with E-state index in [-0.39, 0.29) is 17.0 Å². The Hall–Kier alpha value is -2.71. The van der Waals surface area contributed by atoms with Crippen LogP contribution >= 0.6 is 11.6 Å². The van der Waals surface area contributed by atoms with Gasteiger partial charge in [-0.15, -0.1) is 0 Å². The minimum absolute atomic E-state index is 0.172. The number of anilines is 2. The third kappa shape index (κ3) is 2.82. The maximum atomic E-state index is 12.0. The first-order valence-electron chi connectivity index (χ1n) is 5.61. The number of phenols is 1. The zero-order valence-corrected chi connectivity index (χ0v) is 11.0. The molecule has 0 fully saturated rings. The number of rotatable bonds is 2. The molecule has 0 heterocycles. The maximum absolute atomic E-state index is 12.0. The molecule has 6 heteroatoms. The van der Waals surface area contributed by atoms with E-state index in [1.807, 2.05) is 6.07 Å². The summed E-state index contributed by atoms with van der Waals surface area (Å²) in [6.45, 7) is 0. The van der Waals surface area contributed by atoms with Gasteiger partial charge in [-0.2, -0.15) is 5.26 Å². The summed E-state index contributed by atoms with van der Waals surface area (Å²) in [5, 5.41) is 21.2. The number of halogens is 1. The number of benzene rings is 2. The lowest BCUT2D eigenvalue weighted by molar-refractivity contribution is 0.102. The highest BCUT2D eigenvalue weighted by Crippen LogP contribution is 2.25. The number of nitrogen functional groups attached to an aromatic ring is 1. The van der Waals surface area contributed by atoms with Gasteiger partial charge in [-0.05, 0) is 36.4 Å². The van der Waals surface area contributed by atoms with E-state index in [0.717, 1.165) is 0 Å². The van der Waals surface area contributed by atoms with Crippen LogP contribution in [0.15, 0.2) is 36.4 Å². The zero-order valence-electron chi connectivity index (χ0n) is 10.2. The Morgan fingerprint density at radius 1 is 1.30 bits per heavy atom. The summed E-state index contributed by atoms with van der Waals surface area (Å²) in [6, 6.07) is 10.7. The monoisotopic (exact) mass is 287 g/mol. The van der Waals surface area contributed by atoms with Crippen LogP contribution in [-0.4, -0.2) is 11.0 Å². The molecule has 0 aliphatic rings. The van der Waals surface area contributed by atoms with E-state index in [9.17, 15) is 9.90 Å². The molecule has 0 saturated heterocycles. The van der Waals surface area contributed by atoms with Crippen molar-refractivity contribution in [3.63, 3.8) is 0 Å². The highest BCUT2D eigenvalue weighted by molar-refractivity contribution is 6.34. The van der Waals surface area contributed by atoms with Crippen molar-refractivity contribution in [3.8, 4) is 11.8 Å². The molecule has 0 unspecified atom stereocenters. The molecule has 2 aromatic carbocycles. The fourth-order valence-corrected chi connectivity index (χ4v) is 1.73. The Balaban J connectivity index is 2.28. The van der Waals surface area contributed by atoms with Gasteiger partial charge in [-0.1, -0.05) is 11.6 Å². The number of amides is 1. The summed E-state index contributed by atoms with van der Waals surface area (Å²) in [4.78, 5) is 12.0. The Morgan fingerprint density at radius 3 is 2.70 bits per heavy atom. The van der Waals surface area contributed by atoms with Gasteiger partial charge in [0.15, 0.2) is 0 Å². The molecule has 0 radical (unpaired) electrons. The lowest BCUT2D eigenvalue weighted by Crippen LogP contribution is -2.12. The topological polar surface area (TPSA) is 99.1 Å². The Kier molecular flexibility index (Phi) is 3.78. The quantitative estimate of drug-likeness (QED) is 0.584. The standard InChI is InChI=1S/C14H10ClN3O2/c15-10-3-1-8(7-16)5-12(10)18-14(20)9-2-4-11(17)13(19)6-9/h1-6,19H,17H2,(H,18,20). The van der Waals surface area contributed by atoms with Gasteiger partial charge in [0.1, 0.15) is 5.75 Å². The van der Waals surface area contributed by atoms with Crippen LogP contribution in [0.2, 0.25) is 5.02 Å². The van der Waals surface area contributed by atoms with E-state index < -0.39 is 5.91 Å². The molecule has 4 N–H and O–H groups in total. The summed E-state index contributed by atoms with van der Waals surface area (Å²) in [5.74, 6) is -0.633. The van der Waals surface area contributed by atoms with Crippen molar-refractivity contribution in [1.82, 2.24) is 0 Å². The molecule has 2 aromatic rings. The molecular formula is C14H10ClN3O2. The van der Waals surface area contributed by atoms with Crippen LogP contribution in [0.5, 0.6) is 5.75 Å². The van der Waals surface area contributed by atoms with Crippen molar-refractivity contribution >= 4 is 28.9 Å². The average Bonchev–Trinajstić information content (AvgIpc) is 2.44. The number of phenolic OH excluding ortho intramolecular Hbond substituents is 1. The maximum Gasteiger partial charge on any atom is 0.255 e. The largest absolute Gasteiger partial charge is 0.506 e. The van der Waals surface area contributed by atoms with Crippen molar-refractivity contribution in [3.05, 3.63) is 52.5 Å². The molecule has 0 aliphatic heterocycles. The first-order chi connectivity index (χ1) is 9.51. The first-order valence-corrected chi connectivity index (χ1v) is 5.98. The van der Waals surface area contributed by atoms with Crippen molar-refractivity contribution in [2.24, 2.45) is 0 Å². The van der Waals surface area contributed by atoms with Gasteiger partial charge in [0.2, 0.25) is 0 Å². The highest BCUT2D eigenvalue weighted by Gasteiger charge is 2.11. The molecule has 0 aliphatic carbocycles. The molecule has 0 saturated carbocycles. The molecule has 0 aromatic heterocycles. The Bertz CT molecular complexity index is 723. The van der Waals surface area contributed by atoms with Gasteiger partial charge < -0.3 is 16.2 Å². The number of hydrogen-bond acceptors (Lipinski definition) is 4. The number of nitrogens with zero attached hydrogens (tertiary/aromatic N) is 1. The van der Waals surface area contributed by atoms with E-state index in [1.54, 1.807) is 6.07 Å². The molecule has 1 amide bonds. The highest BCUT2D eigenvalue weighted by atomic mass is 35.5. The molecule has 20 heavy (non-hydrogen) atoms. The summed E-state index contributed by atoms with van der Waals surface area (Å²) in [7, 11) is 0. The van der Waals surface area contributed by atoms with E-state index in [1.165, 1.54) is 30.3 Å². The first kappa shape index (κ1) is 13.7. The normalized spacial score (nSPS) is 9.80. The Morgan fingerprint density at radius 2 is 2.05 bits per heavy atom. The van der Waals surface area contributed by atoms with Crippen molar-refractivity contribution in [2.75, 3.05) is 11.1 Å². The zero-order chi connectivity index (χ0) is 14.7. The van der Waals surface area contributed by atoms with Gasteiger partial charge in [0, 0.05) is 5.56 Å². The number of nitrogens with one attached hydrogen (secondary N) is 1. The van der Waals surface area contributed by atoms with Gasteiger partial charge in [0.05, 0.1) is 28.0 Å². The smallest absolute Gasteiger partial charge is 0.255 e. The van der Waals surface area contributed by atoms with E-state index in [4.69, 9.17) is 22.6 Å². The second-order valence-electron chi connectivity index (χ2n) is 4.03. The number of aromatic hydroxyl groups is 1. The fourth-order valence-electron chi connectivity index (χ4n) is 1.57. The summed E-state index contributed by atoms with van der Waals surface area (Å²) < 4.78 is 0. The minimum atomic E-state index is -0.461. The minimum Gasteiger partial charge on any atom is -0.506 e. The second-order valence-corrected chi connectivity index (χ2v) is 4.44. The van der Waals surface area contributed by atoms with Gasteiger partial charge in [-0.25, -0.2) is 0 Å². The van der Waals surface area contributed by atoms with Crippen LogP contribution in [0, 0.1) is 11.3 Å². The summed E-state index contributed by atoms with van der Waals surface area (Å²) in [5.41, 5.74) is 6.59. The molecule has 0 spiro atoms. The number of hydrogen-bond donors (Lipinski definition) is 3. The lowest BCUT2D eigenvalue weighted by atomic mass is 10.1. The van der Waals surface area contributed by atoms with E-state index in [2.05, 4.69) is 5.32 Å². The predicted octanol–water partition coefficient (Wildman–Crippen LogP) is 2.75. The molecule has 100 valence electrons. The third-order valence-corrected chi connectivity index (χ3v) is 2.97. The van der Waals surface area contributed by atoms with Crippen molar-refractivity contribution in [2.45, 2.75) is 0 Å². The Labute approximate surface area is 120 Å². The van der Waals surface area contributed by atoms with Crippen molar-refractivity contribution < 1.29 is 9.90 Å². The van der Waals surface area contributed by atoms with Crippen LogP contribution in [0.4, 0.5) is 11.4 Å². The van der Waals surface area contributed by atoms with Crippen molar-refractivity contribution in [1.29, 1.82) is 5.26 Å². The van der Waals surface area contributed by atoms with Gasteiger partial charge >= 0.3 is 0 Å². The SMILES string of the molecule is N#Cc1ccc(Cl)c(NC(=O)c2ccc(N)c(O)c2)c1. The average molecular weight is 288 g/mol. The molecule has 0 atom stereocenters. The molecule has 2 rings (SSSR count). The van der Waals surface area contributed by atoms with Crippen LogP contribution in [0.25, 0.3) is 0 Å².